The van der Waals surface area contributed by atoms with Crippen LogP contribution in [-0.4, -0.2) is 65.7 Å². The van der Waals surface area contributed by atoms with Gasteiger partial charge in [0.15, 0.2) is 0 Å². The zero-order valence-corrected chi connectivity index (χ0v) is 19.2. The van der Waals surface area contributed by atoms with Gasteiger partial charge in [-0.3, -0.25) is 4.79 Å². The molecule has 1 atom stereocenters. The smallest absolute Gasteiger partial charge is 0.245 e. The number of hydrogen-bond acceptors (Lipinski definition) is 6. The molecule has 1 N–H and O–H groups in total. The third-order valence-electron chi connectivity index (χ3n) is 5.15. The summed E-state index contributed by atoms with van der Waals surface area (Å²) >= 11 is 5.95. The molecule has 0 spiro atoms. The minimum Gasteiger partial charge on any atom is -0.497 e. The Kier molecular flexibility index (Phi) is 7.30. The number of hydrogen-bond donors (Lipinski definition) is 1. The third kappa shape index (κ3) is 5.41. The van der Waals surface area contributed by atoms with Gasteiger partial charge in [-0.2, -0.15) is 4.72 Å². The van der Waals surface area contributed by atoms with Crippen LogP contribution in [0.3, 0.4) is 0 Å². The summed E-state index contributed by atoms with van der Waals surface area (Å²) in [7, 11) is -1.00. The first-order valence-corrected chi connectivity index (χ1v) is 11.6. The molecule has 2 aromatic carbocycles. The summed E-state index contributed by atoms with van der Waals surface area (Å²) in [6, 6.07) is 11.1. The lowest BCUT2D eigenvalue weighted by atomic mass is 10.2. The third-order valence-corrected chi connectivity index (χ3v) is 6.94. The highest BCUT2D eigenvalue weighted by Gasteiger charge is 2.29. The minimum atomic E-state index is -4.00. The van der Waals surface area contributed by atoms with Crippen LogP contribution in [-0.2, 0) is 14.8 Å². The number of carbonyl (C=O) groups is 1. The Morgan fingerprint density at radius 2 is 1.68 bits per heavy atom. The van der Waals surface area contributed by atoms with E-state index in [9.17, 15) is 13.2 Å². The molecule has 1 aliphatic heterocycles. The number of benzene rings is 2. The fourth-order valence-electron chi connectivity index (χ4n) is 3.46. The second-order valence-electron chi connectivity index (χ2n) is 7.15. The standard InChI is InChI=1S/C21H26ClN3O5S/c1-15(23-31(27,28)20-14-16(22)4-9-19(20)30-3)21(26)25-12-10-24(11-13-25)17-5-7-18(29-2)8-6-17/h4-9,14-15,23H,10-13H2,1-3H3/t15-/m0/s1. The maximum atomic E-state index is 12.9. The van der Waals surface area contributed by atoms with E-state index in [0.717, 1.165) is 11.4 Å². The molecule has 1 amide bonds. The molecule has 0 aromatic heterocycles. The second-order valence-corrected chi connectivity index (χ2v) is 9.27. The van der Waals surface area contributed by atoms with Gasteiger partial charge in [-0.1, -0.05) is 11.6 Å². The number of sulfonamides is 1. The fourth-order valence-corrected chi connectivity index (χ4v) is 5.09. The van der Waals surface area contributed by atoms with Crippen LogP contribution < -0.4 is 19.1 Å². The zero-order chi connectivity index (χ0) is 22.6. The van der Waals surface area contributed by atoms with Crippen molar-refractivity contribution in [3.8, 4) is 11.5 Å². The first-order valence-electron chi connectivity index (χ1n) is 9.79. The molecule has 1 saturated heterocycles. The van der Waals surface area contributed by atoms with Crippen LogP contribution in [0.1, 0.15) is 6.92 Å². The summed E-state index contributed by atoms with van der Waals surface area (Å²) in [4.78, 5) is 16.6. The molecule has 0 radical (unpaired) electrons. The Hall–Kier alpha value is -2.49. The molecule has 2 aromatic rings. The van der Waals surface area contributed by atoms with Crippen molar-refractivity contribution in [1.82, 2.24) is 9.62 Å². The average Bonchev–Trinajstić information content (AvgIpc) is 2.78. The zero-order valence-electron chi connectivity index (χ0n) is 17.7. The van der Waals surface area contributed by atoms with E-state index >= 15 is 0 Å². The van der Waals surface area contributed by atoms with Gasteiger partial charge in [0.25, 0.3) is 0 Å². The topological polar surface area (TPSA) is 88.2 Å². The summed E-state index contributed by atoms with van der Waals surface area (Å²) < 4.78 is 38.4. The Morgan fingerprint density at radius 1 is 1.03 bits per heavy atom. The van der Waals surface area contributed by atoms with E-state index in [2.05, 4.69) is 9.62 Å². The number of rotatable bonds is 7. The maximum Gasteiger partial charge on any atom is 0.245 e. The van der Waals surface area contributed by atoms with Gasteiger partial charge in [0.1, 0.15) is 16.4 Å². The molecule has 0 aliphatic carbocycles. The van der Waals surface area contributed by atoms with Crippen molar-refractivity contribution in [3.05, 3.63) is 47.5 Å². The number of halogens is 1. The largest absolute Gasteiger partial charge is 0.497 e. The van der Waals surface area contributed by atoms with Gasteiger partial charge in [0.2, 0.25) is 15.9 Å². The SMILES string of the molecule is COc1ccc(N2CCN(C(=O)[C@H](C)NS(=O)(=O)c3cc(Cl)ccc3OC)CC2)cc1. The quantitative estimate of drug-likeness (QED) is 0.672. The van der Waals surface area contributed by atoms with Crippen LogP contribution in [0.5, 0.6) is 11.5 Å². The monoisotopic (exact) mass is 467 g/mol. The van der Waals surface area contributed by atoms with Gasteiger partial charge in [0.05, 0.1) is 20.3 Å². The molecule has 0 bridgehead atoms. The highest BCUT2D eigenvalue weighted by molar-refractivity contribution is 7.89. The second kappa shape index (κ2) is 9.76. The molecule has 1 aliphatic rings. The number of methoxy groups -OCH3 is 2. The molecule has 10 heteroatoms. The molecule has 0 unspecified atom stereocenters. The summed E-state index contributed by atoms with van der Waals surface area (Å²) in [5, 5.41) is 0.259. The van der Waals surface area contributed by atoms with Crippen LogP contribution >= 0.6 is 11.6 Å². The minimum absolute atomic E-state index is 0.105. The number of ether oxygens (including phenoxy) is 2. The van der Waals surface area contributed by atoms with Crippen molar-refractivity contribution in [3.63, 3.8) is 0 Å². The molecule has 8 nitrogen and oxygen atoms in total. The van der Waals surface area contributed by atoms with E-state index in [0.29, 0.717) is 26.2 Å². The predicted molar refractivity (Wildman–Crippen MR) is 120 cm³/mol. The van der Waals surface area contributed by atoms with Gasteiger partial charge in [0, 0.05) is 36.9 Å². The van der Waals surface area contributed by atoms with Gasteiger partial charge in [-0.05, 0) is 49.4 Å². The summed E-state index contributed by atoms with van der Waals surface area (Å²) in [6.45, 7) is 3.83. The molecule has 0 saturated carbocycles. The van der Waals surface area contributed by atoms with Crippen molar-refractivity contribution < 1.29 is 22.7 Å². The van der Waals surface area contributed by atoms with Crippen LogP contribution in [0.15, 0.2) is 47.4 Å². The number of nitrogens with one attached hydrogen (secondary N) is 1. The summed E-state index contributed by atoms with van der Waals surface area (Å²) in [5.74, 6) is 0.665. The van der Waals surface area contributed by atoms with Gasteiger partial charge in [-0.15, -0.1) is 0 Å². The summed E-state index contributed by atoms with van der Waals surface area (Å²) in [5.41, 5.74) is 1.05. The molecule has 168 valence electrons. The first-order chi connectivity index (χ1) is 14.7. The van der Waals surface area contributed by atoms with Crippen molar-refractivity contribution in [1.29, 1.82) is 0 Å². The Balaban J connectivity index is 1.62. The lowest BCUT2D eigenvalue weighted by Crippen LogP contribution is -2.54. The van der Waals surface area contributed by atoms with Crippen molar-refractivity contribution in [2.24, 2.45) is 0 Å². The lowest BCUT2D eigenvalue weighted by molar-refractivity contribution is -0.132. The Labute approximate surface area is 187 Å². The molecular weight excluding hydrogens is 442 g/mol. The number of nitrogens with zero attached hydrogens (tertiary/aromatic N) is 2. The summed E-state index contributed by atoms with van der Waals surface area (Å²) in [6.07, 6.45) is 0. The fraction of sp³-hybridized carbons (Fsp3) is 0.381. The van der Waals surface area contributed by atoms with Crippen LogP contribution in [0.2, 0.25) is 5.02 Å². The van der Waals surface area contributed by atoms with Crippen LogP contribution in [0.4, 0.5) is 5.69 Å². The highest BCUT2D eigenvalue weighted by atomic mass is 35.5. The normalized spacial score (nSPS) is 15.5. The van der Waals surface area contributed by atoms with E-state index in [1.165, 1.54) is 32.2 Å². The van der Waals surface area contributed by atoms with Gasteiger partial charge < -0.3 is 19.3 Å². The average molecular weight is 468 g/mol. The lowest BCUT2D eigenvalue weighted by Gasteiger charge is -2.37. The number of amides is 1. The van der Waals surface area contributed by atoms with Crippen molar-refractivity contribution >= 4 is 33.2 Å². The molecule has 3 rings (SSSR count). The number of carbonyl (C=O) groups excluding carboxylic acids is 1. The van der Waals surface area contributed by atoms with Crippen molar-refractivity contribution in [2.75, 3.05) is 45.3 Å². The van der Waals surface area contributed by atoms with E-state index < -0.39 is 16.1 Å². The van der Waals surface area contributed by atoms with E-state index in [-0.39, 0.29) is 21.6 Å². The highest BCUT2D eigenvalue weighted by Crippen LogP contribution is 2.27. The number of anilines is 1. The van der Waals surface area contributed by atoms with E-state index in [1.54, 1.807) is 12.0 Å². The van der Waals surface area contributed by atoms with E-state index in [4.69, 9.17) is 21.1 Å². The van der Waals surface area contributed by atoms with E-state index in [1.807, 2.05) is 24.3 Å². The maximum absolute atomic E-state index is 12.9. The number of piperazine rings is 1. The molecule has 31 heavy (non-hydrogen) atoms. The van der Waals surface area contributed by atoms with Crippen LogP contribution in [0, 0.1) is 0 Å². The predicted octanol–water partition coefficient (Wildman–Crippen LogP) is 2.37. The molecule has 1 heterocycles. The van der Waals surface area contributed by atoms with Gasteiger partial charge in [-0.25, -0.2) is 8.42 Å². The van der Waals surface area contributed by atoms with Crippen molar-refractivity contribution in [2.45, 2.75) is 17.9 Å². The van der Waals surface area contributed by atoms with Crippen LogP contribution in [0.25, 0.3) is 0 Å². The first kappa shape index (κ1) is 23.2. The molecule has 1 fully saturated rings. The molecular formula is C21H26ClN3O5S. The Bertz CT molecular complexity index is 1020. The Morgan fingerprint density at radius 3 is 2.26 bits per heavy atom. The van der Waals surface area contributed by atoms with Gasteiger partial charge >= 0.3 is 0 Å².